The van der Waals surface area contributed by atoms with E-state index in [0.29, 0.717) is 0 Å². The Morgan fingerprint density at radius 3 is 1.89 bits per heavy atom. The molecule has 18 heavy (non-hydrogen) atoms. The first-order valence-corrected chi connectivity index (χ1v) is 5.65. The summed E-state index contributed by atoms with van der Waals surface area (Å²) in [5.41, 5.74) is 1.94. The zero-order valence-corrected chi connectivity index (χ0v) is 10.8. The zero-order valence-electron chi connectivity index (χ0n) is 10.8. The van der Waals surface area contributed by atoms with E-state index >= 15 is 0 Å². The van der Waals surface area contributed by atoms with Gasteiger partial charge >= 0.3 is 0 Å². The third kappa shape index (κ3) is 2.25. The fraction of sp³-hybridized carbons (Fsp3) is 0.200. The Hall–Kier alpha value is -2.16. The lowest BCUT2D eigenvalue weighted by Gasteiger charge is -2.13. The van der Waals surface area contributed by atoms with Crippen molar-refractivity contribution in [2.75, 3.05) is 21.3 Å². The highest BCUT2D eigenvalue weighted by atomic mass is 16.5. The quantitative estimate of drug-likeness (QED) is 0.825. The lowest BCUT2D eigenvalue weighted by molar-refractivity contribution is 0.397. The van der Waals surface area contributed by atoms with E-state index in [1.165, 1.54) is 0 Å². The van der Waals surface area contributed by atoms with Gasteiger partial charge in [-0.2, -0.15) is 0 Å². The van der Waals surface area contributed by atoms with Gasteiger partial charge in [0.1, 0.15) is 17.2 Å². The van der Waals surface area contributed by atoms with Crippen LogP contribution in [-0.4, -0.2) is 21.3 Å². The van der Waals surface area contributed by atoms with Gasteiger partial charge in [-0.05, 0) is 29.8 Å². The largest absolute Gasteiger partial charge is 0.497 e. The SMILES string of the molecule is COc1cccc(-c2c(OC)cccc2OC)c1. The van der Waals surface area contributed by atoms with Crippen LogP contribution in [0.25, 0.3) is 11.1 Å². The summed E-state index contributed by atoms with van der Waals surface area (Å²) in [4.78, 5) is 0. The monoisotopic (exact) mass is 244 g/mol. The average Bonchev–Trinajstić information content (AvgIpc) is 2.46. The Balaban J connectivity index is 2.60. The summed E-state index contributed by atoms with van der Waals surface area (Å²) in [6.07, 6.45) is 0. The van der Waals surface area contributed by atoms with Crippen molar-refractivity contribution in [3.63, 3.8) is 0 Å². The number of hydrogen-bond acceptors (Lipinski definition) is 3. The molecule has 0 saturated carbocycles. The molecule has 0 aliphatic rings. The molecule has 0 radical (unpaired) electrons. The molecular formula is C15H16O3. The molecule has 2 aromatic rings. The van der Waals surface area contributed by atoms with Crippen molar-refractivity contribution >= 4 is 0 Å². The zero-order chi connectivity index (χ0) is 13.0. The van der Waals surface area contributed by atoms with Crippen LogP contribution in [0, 0.1) is 0 Å². The first-order valence-electron chi connectivity index (χ1n) is 5.65. The van der Waals surface area contributed by atoms with E-state index in [-0.39, 0.29) is 0 Å². The highest BCUT2D eigenvalue weighted by Crippen LogP contribution is 2.39. The molecule has 0 saturated heterocycles. The Bertz CT molecular complexity index is 513. The number of hydrogen-bond donors (Lipinski definition) is 0. The number of ether oxygens (including phenoxy) is 3. The van der Waals surface area contributed by atoms with Gasteiger partial charge in [0.15, 0.2) is 0 Å². The Morgan fingerprint density at radius 1 is 0.722 bits per heavy atom. The van der Waals surface area contributed by atoms with Crippen LogP contribution in [0.15, 0.2) is 42.5 Å². The fourth-order valence-electron chi connectivity index (χ4n) is 1.91. The highest BCUT2D eigenvalue weighted by Gasteiger charge is 2.12. The lowest BCUT2D eigenvalue weighted by Crippen LogP contribution is -1.93. The minimum Gasteiger partial charge on any atom is -0.497 e. The van der Waals surface area contributed by atoms with Gasteiger partial charge in [0.25, 0.3) is 0 Å². The first-order chi connectivity index (χ1) is 8.80. The molecule has 0 unspecified atom stereocenters. The van der Waals surface area contributed by atoms with Gasteiger partial charge < -0.3 is 14.2 Å². The molecule has 0 spiro atoms. The fourth-order valence-corrected chi connectivity index (χ4v) is 1.91. The molecule has 0 heterocycles. The summed E-state index contributed by atoms with van der Waals surface area (Å²) in [6.45, 7) is 0. The van der Waals surface area contributed by atoms with Gasteiger partial charge in [0, 0.05) is 0 Å². The topological polar surface area (TPSA) is 27.7 Å². The van der Waals surface area contributed by atoms with Gasteiger partial charge in [-0.15, -0.1) is 0 Å². The lowest BCUT2D eigenvalue weighted by atomic mass is 10.0. The van der Waals surface area contributed by atoms with Gasteiger partial charge in [0.05, 0.1) is 26.9 Å². The Kier molecular flexibility index (Phi) is 3.72. The van der Waals surface area contributed by atoms with E-state index in [4.69, 9.17) is 14.2 Å². The summed E-state index contributed by atoms with van der Waals surface area (Å²) in [5.74, 6) is 2.37. The minimum atomic E-state index is 0.780. The summed E-state index contributed by atoms with van der Waals surface area (Å²) < 4.78 is 16.0. The van der Waals surface area contributed by atoms with E-state index < -0.39 is 0 Å². The molecule has 0 N–H and O–H groups in total. The normalized spacial score (nSPS) is 9.94. The summed E-state index contributed by atoms with van der Waals surface area (Å²) in [6, 6.07) is 13.5. The van der Waals surface area contributed by atoms with Crippen LogP contribution in [-0.2, 0) is 0 Å². The summed E-state index contributed by atoms with van der Waals surface area (Å²) >= 11 is 0. The van der Waals surface area contributed by atoms with Crippen molar-refractivity contribution in [2.24, 2.45) is 0 Å². The second-order valence-electron chi connectivity index (χ2n) is 3.77. The van der Waals surface area contributed by atoms with Gasteiger partial charge in [-0.1, -0.05) is 18.2 Å². The van der Waals surface area contributed by atoms with Crippen molar-refractivity contribution in [3.05, 3.63) is 42.5 Å². The molecule has 0 fully saturated rings. The molecule has 0 aliphatic carbocycles. The smallest absolute Gasteiger partial charge is 0.130 e. The Morgan fingerprint density at radius 2 is 1.33 bits per heavy atom. The Labute approximate surface area is 107 Å². The standard InChI is InChI=1S/C15H16O3/c1-16-12-7-4-6-11(10-12)15-13(17-2)8-5-9-14(15)18-3/h4-10H,1-3H3. The molecule has 0 aromatic heterocycles. The van der Waals surface area contributed by atoms with Crippen LogP contribution in [0.2, 0.25) is 0 Å². The molecule has 2 rings (SSSR count). The van der Waals surface area contributed by atoms with Gasteiger partial charge in [0.2, 0.25) is 0 Å². The van der Waals surface area contributed by atoms with Gasteiger partial charge in [-0.25, -0.2) is 0 Å². The predicted molar refractivity (Wildman–Crippen MR) is 71.5 cm³/mol. The number of benzene rings is 2. The predicted octanol–water partition coefficient (Wildman–Crippen LogP) is 3.38. The number of rotatable bonds is 4. The van der Waals surface area contributed by atoms with E-state index in [2.05, 4.69) is 0 Å². The van der Waals surface area contributed by atoms with Crippen LogP contribution in [0.1, 0.15) is 0 Å². The molecule has 0 atom stereocenters. The summed E-state index contributed by atoms with van der Waals surface area (Å²) in [5, 5.41) is 0. The van der Waals surface area contributed by atoms with E-state index in [0.717, 1.165) is 28.4 Å². The van der Waals surface area contributed by atoms with Crippen molar-refractivity contribution in [1.82, 2.24) is 0 Å². The van der Waals surface area contributed by atoms with Crippen LogP contribution < -0.4 is 14.2 Å². The average molecular weight is 244 g/mol. The van der Waals surface area contributed by atoms with E-state index in [1.54, 1.807) is 21.3 Å². The van der Waals surface area contributed by atoms with E-state index in [1.807, 2.05) is 42.5 Å². The maximum Gasteiger partial charge on any atom is 0.130 e. The van der Waals surface area contributed by atoms with Crippen molar-refractivity contribution < 1.29 is 14.2 Å². The van der Waals surface area contributed by atoms with Crippen molar-refractivity contribution in [1.29, 1.82) is 0 Å². The third-order valence-corrected chi connectivity index (χ3v) is 2.79. The molecule has 3 nitrogen and oxygen atoms in total. The highest BCUT2D eigenvalue weighted by molar-refractivity contribution is 5.77. The molecule has 94 valence electrons. The molecular weight excluding hydrogens is 228 g/mol. The maximum absolute atomic E-state index is 5.39. The molecule has 3 heteroatoms. The molecule has 0 amide bonds. The number of methoxy groups -OCH3 is 3. The van der Waals surface area contributed by atoms with Crippen molar-refractivity contribution in [3.8, 4) is 28.4 Å². The van der Waals surface area contributed by atoms with Crippen LogP contribution in [0.5, 0.6) is 17.2 Å². The van der Waals surface area contributed by atoms with Crippen LogP contribution >= 0.6 is 0 Å². The summed E-state index contributed by atoms with van der Waals surface area (Å²) in [7, 11) is 4.95. The maximum atomic E-state index is 5.39. The van der Waals surface area contributed by atoms with Crippen molar-refractivity contribution in [2.45, 2.75) is 0 Å². The second-order valence-corrected chi connectivity index (χ2v) is 3.77. The first kappa shape index (κ1) is 12.3. The van der Waals surface area contributed by atoms with Crippen LogP contribution in [0.4, 0.5) is 0 Å². The third-order valence-electron chi connectivity index (χ3n) is 2.79. The molecule has 2 aromatic carbocycles. The molecule has 0 aliphatic heterocycles. The van der Waals surface area contributed by atoms with E-state index in [9.17, 15) is 0 Å². The minimum absolute atomic E-state index is 0.780. The second kappa shape index (κ2) is 5.45. The van der Waals surface area contributed by atoms with Crippen LogP contribution in [0.3, 0.4) is 0 Å². The van der Waals surface area contributed by atoms with Gasteiger partial charge in [-0.3, -0.25) is 0 Å². The molecule has 0 bridgehead atoms.